The van der Waals surface area contributed by atoms with E-state index in [4.69, 9.17) is 21.1 Å². The second kappa shape index (κ2) is 12.1. The lowest BCUT2D eigenvalue weighted by Gasteiger charge is -2.13. The summed E-state index contributed by atoms with van der Waals surface area (Å²) in [6.45, 7) is 3.65. The first-order valence-electron chi connectivity index (χ1n) is 9.73. The first-order valence-corrected chi connectivity index (χ1v) is 10.1. The van der Waals surface area contributed by atoms with E-state index in [1.165, 1.54) is 12.1 Å². The highest BCUT2D eigenvalue weighted by molar-refractivity contribution is 6.30. The summed E-state index contributed by atoms with van der Waals surface area (Å²) in [6, 6.07) is 9.56. The molecule has 0 saturated carbocycles. The van der Waals surface area contributed by atoms with Crippen LogP contribution in [0.5, 0.6) is 11.5 Å². The van der Waals surface area contributed by atoms with E-state index in [9.17, 15) is 19.1 Å². The second-order valence-electron chi connectivity index (χ2n) is 7.07. The van der Waals surface area contributed by atoms with Crippen LogP contribution >= 0.6 is 11.6 Å². The Bertz CT molecular complexity index is 889. The minimum Gasteiger partial charge on any atom is -0.484 e. The molecule has 0 aromatic heterocycles. The maximum Gasteiger partial charge on any atom is 0.258 e. The largest absolute Gasteiger partial charge is 0.484 e. The Morgan fingerprint density at radius 1 is 1.00 bits per heavy atom. The number of hydrogen-bond acceptors (Lipinski definition) is 5. The van der Waals surface area contributed by atoms with Gasteiger partial charge in [-0.1, -0.05) is 17.7 Å². The molecule has 2 aromatic rings. The van der Waals surface area contributed by atoms with Crippen molar-refractivity contribution in [1.29, 1.82) is 0 Å². The average molecular weight is 453 g/mol. The fraction of sp³-hybridized carbons (Fsp3) is 0.364. The maximum absolute atomic E-state index is 13.3. The third-order valence-electron chi connectivity index (χ3n) is 4.16. The lowest BCUT2D eigenvalue weighted by molar-refractivity contribution is -0.124. The molecule has 0 saturated heterocycles. The number of carbonyl (C=O) groups excluding carboxylic acids is 2. The van der Waals surface area contributed by atoms with Crippen molar-refractivity contribution < 1.29 is 28.6 Å². The molecule has 0 bridgehead atoms. The number of carbonyl (C=O) groups is 2. The van der Waals surface area contributed by atoms with Gasteiger partial charge >= 0.3 is 0 Å². The molecule has 0 heterocycles. The van der Waals surface area contributed by atoms with Crippen LogP contribution in [0.2, 0.25) is 5.02 Å². The van der Waals surface area contributed by atoms with Gasteiger partial charge in [0.2, 0.25) is 0 Å². The van der Waals surface area contributed by atoms with Gasteiger partial charge in [-0.05, 0) is 55.7 Å². The van der Waals surface area contributed by atoms with E-state index in [-0.39, 0.29) is 49.4 Å². The van der Waals surface area contributed by atoms with E-state index in [1.807, 2.05) is 32.0 Å². The molecular formula is C22H26ClFN2O5. The molecule has 1 atom stereocenters. The van der Waals surface area contributed by atoms with Crippen LogP contribution in [-0.2, 0) is 9.59 Å². The lowest BCUT2D eigenvalue weighted by atomic mass is 10.1. The number of ether oxygens (including phenoxy) is 2. The van der Waals surface area contributed by atoms with Crippen LogP contribution in [-0.4, -0.2) is 49.3 Å². The molecule has 31 heavy (non-hydrogen) atoms. The van der Waals surface area contributed by atoms with Gasteiger partial charge in [-0.25, -0.2) is 4.39 Å². The van der Waals surface area contributed by atoms with Gasteiger partial charge in [0.05, 0.1) is 11.1 Å². The van der Waals surface area contributed by atoms with E-state index >= 15 is 0 Å². The van der Waals surface area contributed by atoms with Gasteiger partial charge in [0, 0.05) is 19.2 Å². The molecule has 0 aliphatic carbocycles. The van der Waals surface area contributed by atoms with Crippen molar-refractivity contribution in [3.63, 3.8) is 0 Å². The first-order chi connectivity index (χ1) is 14.7. The van der Waals surface area contributed by atoms with Gasteiger partial charge in [-0.2, -0.15) is 0 Å². The summed E-state index contributed by atoms with van der Waals surface area (Å²) in [7, 11) is 0. The molecule has 0 aliphatic rings. The molecule has 0 unspecified atom stereocenters. The number of halogens is 2. The number of aliphatic hydroxyl groups excluding tert-OH is 1. The van der Waals surface area contributed by atoms with Crippen LogP contribution in [0.1, 0.15) is 17.5 Å². The Morgan fingerprint density at radius 2 is 1.61 bits per heavy atom. The molecule has 9 heteroatoms. The minimum atomic E-state index is -0.836. The molecule has 2 aromatic carbocycles. The van der Waals surface area contributed by atoms with Crippen LogP contribution in [0.15, 0.2) is 36.4 Å². The molecule has 3 N–H and O–H groups in total. The lowest BCUT2D eigenvalue weighted by Crippen LogP contribution is -2.37. The summed E-state index contributed by atoms with van der Waals surface area (Å²) >= 11 is 5.58. The molecular weight excluding hydrogens is 427 g/mol. The predicted molar refractivity (Wildman–Crippen MR) is 115 cm³/mol. The van der Waals surface area contributed by atoms with Crippen molar-refractivity contribution in [3.8, 4) is 11.5 Å². The predicted octanol–water partition coefficient (Wildman–Crippen LogP) is 2.54. The smallest absolute Gasteiger partial charge is 0.258 e. The monoisotopic (exact) mass is 452 g/mol. The van der Waals surface area contributed by atoms with E-state index in [0.29, 0.717) is 5.75 Å². The molecule has 0 aliphatic heterocycles. The topological polar surface area (TPSA) is 96.9 Å². The summed E-state index contributed by atoms with van der Waals surface area (Å²) in [5.74, 6) is -0.620. The number of aliphatic hydroxyl groups is 1. The highest BCUT2D eigenvalue weighted by Crippen LogP contribution is 2.20. The van der Waals surface area contributed by atoms with E-state index in [0.717, 1.165) is 17.2 Å². The first kappa shape index (κ1) is 24.4. The Hall–Kier alpha value is -2.84. The van der Waals surface area contributed by atoms with Gasteiger partial charge in [-0.3, -0.25) is 9.59 Å². The van der Waals surface area contributed by atoms with Crippen molar-refractivity contribution in [1.82, 2.24) is 10.6 Å². The zero-order chi connectivity index (χ0) is 22.8. The SMILES string of the molecule is Cc1cc(C)cc(OCC(=O)NC[C@@H](O)CCNC(=O)COc2ccc(Cl)c(F)c2)c1. The Kier molecular flexibility index (Phi) is 9.55. The van der Waals surface area contributed by atoms with Crippen LogP contribution in [0.4, 0.5) is 4.39 Å². The molecule has 0 fully saturated rings. The van der Waals surface area contributed by atoms with Gasteiger partial charge in [0.1, 0.15) is 17.3 Å². The minimum absolute atomic E-state index is 0.0327. The summed E-state index contributed by atoms with van der Waals surface area (Å²) in [4.78, 5) is 23.6. The van der Waals surface area contributed by atoms with Crippen molar-refractivity contribution in [2.45, 2.75) is 26.4 Å². The number of benzene rings is 2. The zero-order valence-corrected chi connectivity index (χ0v) is 18.2. The van der Waals surface area contributed by atoms with Crippen molar-refractivity contribution in [2.24, 2.45) is 0 Å². The van der Waals surface area contributed by atoms with E-state index in [1.54, 1.807) is 0 Å². The van der Waals surface area contributed by atoms with Gasteiger partial charge < -0.3 is 25.2 Å². The van der Waals surface area contributed by atoms with Crippen molar-refractivity contribution in [3.05, 3.63) is 58.4 Å². The number of hydrogen-bond donors (Lipinski definition) is 3. The molecule has 0 spiro atoms. The van der Waals surface area contributed by atoms with Crippen molar-refractivity contribution in [2.75, 3.05) is 26.3 Å². The van der Waals surface area contributed by atoms with Gasteiger partial charge in [-0.15, -0.1) is 0 Å². The Labute approximate surface area is 185 Å². The van der Waals surface area contributed by atoms with Crippen LogP contribution in [0.3, 0.4) is 0 Å². The van der Waals surface area contributed by atoms with Gasteiger partial charge in [0.25, 0.3) is 11.8 Å². The van der Waals surface area contributed by atoms with Gasteiger partial charge in [0.15, 0.2) is 13.2 Å². The Balaban J connectivity index is 1.58. The number of amides is 2. The quantitative estimate of drug-likeness (QED) is 0.487. The highest BCUT2D eigenvalue weighted by Gasteiger charge is 2.10. The summed E-state index contributed by atoms with van der Waals surface area (Å²) in [5.41, 5.74) is 2.08. The molecule has 168 valence electrons. The third-order valence-corrected chi connectivity index (χ3v) is 4.47. The fourth-order valence-electron chi connectivity index (χ4n) is 2.69. The number of rotatable bonds is 11. The Morgan fingerprint density at radius 3 is 2.26 bits per heavy atom. The number of nitrogens with one attached hydrogen (secondary N) is 2. The average Bonchev–Trinajstić information content (AvgIpc) is 2.71. The van der Waals surface area contributed by atoms with E-state index < -0.39 is 17.8 Å². The maximum atomic E-state index is 13.3. The normalized spacial score (nSPS) is 11.5. The fourth-order valence-corrected chi connectivity index (χ4v) is 2.81. The van der Waals surface area contributed by atoms with Crippen LogP contribution in [0.25, 0.3) is 0 Å². The number of aryl methyl sites for hydroxylation is 2. The molecule has 2 rings (SSSR count). The zero-order valence-electron chi connectivity index (χ0n) is 17.4. The summed E-state index contributed by atoms with van der Waals surface area (Å²) in [5, 5.41) is 15.1. The van der Waals surface area contributed by atoms with Crippen molar-refractivity contribution >= 4 is 23.4 Å². The van der Waals surface area contributed by atoms with Crippen LogP contribution < -0.4 is 20.1 Å². The second-order valence-corrected chi connectivity index (χ2v) is 7.48. The third kappa shape index (κ3) is 9.23. The standard InChI is InChI=1S/C22H26ClFN2O5/c1-14-7-15(2)9-18(8-14)31-13-22(29)26-11-16(27)5-6-25-21(28)12-30-17-3-4-19(23)20(24)10-17/h3-4,7-10,16,27H,5-6,11-13H2,1-2H3,(H,25,28)(H,26,29)/t16-/m0/s1. The summed E-state index contributed by atoms with van der Waals surface area (Å²) < 4.78 is 23.9. The molecule has 7 nitrogen and oxygen atoms in total. The summed E-state index contributed by atoms with van der Waals surface area (Å²) in [6.07, 6.45) is -0.601. The molecule has 0 radical (unpaired) electrons. The van der Waals surface area contributed by atoms with Crippen LogP contribution in [0, 0.1) is 19.7 Å². The van der Waals surface area contributed by atoms with E-state index in [2.05, 4.69) is 10.6 Å². The molecule has 2 amide bonds. The highest BCUT2D eigenvalue weighted by atomic mass is 35.5.